The molecule has 0 atom stereocenters. The lowest BCUT2D eigenvalue weighted by Gasteiger charge is -2.20. The minimum Gasteiger partial charge on any atom is -0.459 e. The van der Waals surface area contributed by atoms with Crippen molar-refractivity contribution in [3.8, 4) is 11.7 Å². The fraction of sp³-hybridized carbons (Fsp3) is 0.368. The summed E-state index contributed by atoms with van der Waals surface area (Å²) in [6.45, 7) is 2.40. The number of nitrogens with zero attached hydrogens (tertiary/aromatic N) is 7. The molecule has 162 valence electrons. The summed E-state index contributed by atoms with van der Waals surface area (Å²) in [5, 5.41) is 7.94. The van der Waals surface area contributed by atoms with Crippen molar-refractivity contribution in [2.45, 2.75) is 26.4 Å². The molecule has 0 aliphatic heterocycles. The van der Waals surface area contributed by atoms with E-state index in [1.807, 2.05) is 6.92 Å². The van der Waals surface area contributed by atoms with Gasteiger partial charge in [0.25, 0.3) is 11.4 Å². The number of aromatic nitrogens is 6. The molecule has 12 heteroatoms. The fourth-order valence-corrected chi connectivity index (χ4v) is 3.31. The van der Waals surface area contributed by atoms with Gasteiger partial charge in [-0.3, -0.25) is 18.7 Å². The maximum atomic E-state index is 13.0. The van der Waals surface area contributed by atoms with Crippen molar-refractivity contribution in [3.63, 3.8) is 0 Å². The molecule has 0 aliphatic carbocycles. The minimum atomic E-state index is -0.509. The number of carbonyl (C=O) groups is 1. The Morgan fingerprint density at radius 1 is 1.19 bits per heavy atom. The van der Waals surface area contributed by atoms with Crippen LogP contribution in [0.1, 0.15) is 19.2 Å². The SMILES string of the molecule is CCCN(Cc1nnc(-c2ccco2)o1)C(=O)Cn1cnc2c1c(=O)n(C)c(=O)n2C. The molecule has 31 heavy (non-hydrogen) atoms. The lowest BCUT2D eigenvalue weighted by Crippen LogP contribution is -2.38. The Hall–Kier alpha value is -3.96. The number of hydrogen-bond donors (Lipinski definition) is 0. The van der Waals surface area contributed by atoms with E-state index in [9.17, 15) is 14.4 Å². The zero-order valence-electron chi connectivity index (χ0n) is 17.3. The fourth-order valence-electron chi connectivity index (χ4n) is 3.31. The maximum absolute atomic E-state index is 13.0. The Morgan fingerprint density at radius 2 is 2.00 bits per heavy atom. The third kappa shape index (κ3) is 3.67. The molecule has 0 fully saturated rings. The van der Waals surface area contributed by atoms with Gasteiger partial charge in [0.15, 0.2) is 16.9 Å². The Balaban J connectivity index is 1.59. The molecule has 4 rings (SSSR count). The van der Waals surface area contributed by atoms with Gasteiger partial charge in [-0.25, -0.2) is 9.78 Å². The summed E-state index contributed by atoms with van der Waals surface area (Å²) in [4.78, 5) is 43.4. The zero-order chi connectivity index (χ0) is 22.1. The van der Waals surface area contributed by atoms with E-state index in [0.717, 1.165) is 4.57 Å². The number of imidazole rings is 1. The predicted molar refractivity (Wildman–Crippen MR) is 108 cm³/mol. The summed E-state index contributed by atoms with van der Waals surface area (Å²) >= 11 is 0. The first kappa shape index (κ1) is 20.3. The van der Waals surface area contributed by atoms with Gasteiger partial charge < -0.3 is 18.3 Å². The van der Waals surface area contributed by atoms with Crippen molar-refractivity contribution in [1.29, 1.82) is 0 Å². The van der Waals surface area contributed by atoms with E-state index in [1.165, 1.54) is 35.8 Å². The van der Waals surface area contributed by atoms with Crippen molar-refractivity contribution < 1.29 is 13.6 Å². The average Bonchev–Trinajstić information content (AvgIpc) is 3.50. The molecule has 0 aliphatic rings. The highest BCUT2D eigenvalue weighted by Gasteiger charge is 2.21. The van der Waals surface area contributed by atoms with Crippen LogP contribution in [0.25, 0.3) is 22.8 Å². The number of furan rings is 1. The van der Waals surface area contributed by atoms with Crippen molar-refractivity contribution in [1.82, 2.24) is 33.8 Å². The molecule has 0 saturated carbocycles. The molecule has 0 aromatic carbocycles. The van der Waals surface area contributed by atoms with Gasteiger partial charge >= 0.3 is 5.69 Å². The molecule has 0 saturated heterocycles. The third-order valence-electron chi connectivity index (χ3n) is 4.89. The van der Waals surface area contributed by atoms with Crippen LogP contribution in [-0.2, 0) is 32.0 Å². The normalized spacial score (nSPS) is 11.3. The van der Waals surface area contributed by atoms with Gasteiger partial charge in [0.1, 0.15) is 6.54 Å². The Labute approximate surface area is 175 Å². The van der Waals surface area contributed by atoms with Crippen LogP contribution in [-0.4, -0.2) is 46.2 Å². The first-order valence-electron chi connectivity index (χ1n) is 9.65. The summed E-state index contributed by atoms with van der Waals surface area (Å²) in [6.07, 6.45) is 3.60. The number of carbonyl (C=O) groups excluding carboxylic acids is 1. The number of aryl methyl sites for hydroxylation is 1. The van der Waals surface area contributed by atoms with Crippen LogP contribution in [0.3, 0.4) is 0 Å². The van der Waals surface area contributed by atoms with Crippen molar-refractivity contribution in [2.24, 2.45) is 14.1 Å². The van der Waals surface area contributed by atoms with Gasteiger partial charge in [0.05, 0.1) is 19.1 Å². The molecule has 0 radical (unpaired) electrons. The molecule has 12 nitrogen and oxygen atoms in total. The van der Waals surface area contributed by atoms with Crippen LogP contribution in [0.15, 0.2) is 43.1 Å². The summed E-state index contributed by atoms with van der Waals surface area (Å²) in [5.41, 5.74) is -0.578. The molecule has 1 amide bonds. The summed E-state index contributed by atoms with van der Waals surface area (Å²) in [5.74, 6) is 0.684. The second-order valence-corrected chi connectivity index (χ2v) is 7.04. The number of amides is 1. The highest BCUT2D eigenvalue weighted by atomic mass is 16.4. The van der Waals surface area contributed by atoms with E-state index in [4.69, 9.17) is 8.83 Å². The number of hydrogen-bond acceptors (Lipinski definition) is 8. The van der Waals surface area contributed by atoms with Crippen molar-refractivity contribution in [2.75, 3.05) is 6.54 Å². The lowest BCUT2D eigenvalue weighted by molar-refractivity contribution is -0.132. The zero-order valence-corrected chi connectivity index (χ0v) is 17.3. The highest BCUT2D eigenvalue weighted by molar-refractivity contribution is 5.79. The third-order valence-corrected chi connectivity index (χ3v) is 4.89. The molecule has 0 N–H and O–H groups in total. The van der Waals surface area contributed by atoms with E-state index >= 15 is 0 Å². The van der Waals surface area contributed by atoms with E-state index < -0.39 is 11.2 Å². The van der Waals surface area contributed by atoms with Crippen LogP contribution < -0.4 is 11.2 Å². The Kier molecular flexibility index (Phi) is 5.28. The standard InChI is InChI=1S/C19H21N7O5/c1-4-7-25(9-13-21-22-17(31-13)12-6-5-8-30-12)14(27)10-26-11-20-16-15(26)18(28)24(3)19(29)23(16)2/h5-6,8,11H,4,7,9-10H2,1-3H3. The van der Waals surface area contributed by atoms with Crippen molar-refractivity contribution in [3.05, 3.63) is 51.5 Å². The van der Waals surface area contributed by atoms with Crippen LogP contribution in [0.2, 0.25) is 0 Å². The second kappa shape index (κ2) is 8.05. The number of fused-ring (bicyclic) bond motifs is 1. The average molecular weight is 427 g/mol. The first-order valence-corrected chi connectivity index (χ1v) is 9.65. The van der Waals surface area contributed by atoms with Crippen molar-refractivity contribution >= 4 is 17.1 Å². The topological polar surface area (TPSA) is 134 Å². The Morgan fingerprint density at radius 3 is 2.71 bits per heavy atom. The van der Waals surface area contributed by atoms with Crippen LogP contribution in [0.4, 0.5) is 0 Å². The largest absolute Gasteiger partial charge is 0.459 e. The van der Waals surface area contributed by atoms with Gasteiger partial charge in [0, 0.05) is 20.6 Å². The predicted octanol–water partition coefficient (Wildman–Crippen LogP) is 0.516. The minimum absolute atomic E-state index is 0.115. The molecule has 0 bridgehead atoms. The van der Waals surface area contributed by atoms with Crippen LogP contribution in [0, 0.1) is 0 Å². The van der Waals surface area contributed by atoms with Gasteiger partial charge in [0.2, 0.25) is 11.8 Å². The molecule has 4 heterocycles. The number of rotatable bonds is 7. The van der Waals surface area contributed by atoms with E-state index in [2.05, 4.69) is 15.2 Å². The Bertz CT molecular complexity index is 1340. The quantitative estimate of drug-likeness (QED) is 0.417. The van der Waals surface area contributed by atoms with Crippen LogP contribution in [0.5, 0.6) is 0 Å². The van der Waals surface area contributed by atoms with Gasteiger partial charge in [-0.2, -0.15) is 0 Å². The summed E-state index contributed by atoms with van der Waals surface area (Å²) < 4.78 is 14.6. The molecule has 0 spiro atoms. The molecular weight excluding hydrogens is 406 g/mol. The van der Waals surface area contributed by atoms with Gasteiger partial charge in [-0.15, -0.1) is 10.2 Å². The van der Waals surface area contributed by atoms with Gasteiger partial charge in [-0.05, 0) is 18.6 Å². The molecule has 0 unspecified atom stereocenters. The van der Waals surface area contributed by atoms with E-state index in [1.54, 1.807) is 17.0 Å². The monoisotopic (exact) mass is 427 g/mol. The summed E-state index contributed by atoms with van der Waals surface area (Å²) in [6, 6.07) is 3.41. The molecular formula is C19H21N7O5. The second-order valence-electron chi connectivity index (χ2n) is 7.04. The first-order chi connectivity index (χ1) is 14.9. The van der Waals surface area contributed by atoms with Crippen LogP contribution >= 0.6 is 0 Å². The highest BCUT2D eigenvalue weighted by Crippen LogP contribution is 2.18. The van der Waals surface area contributed by atoms with Gasteiger partial charge in [-0.1, -0.05) is 6.92 Å². The van der Waals surface area contributed by atoms with E-state index in [0.29, 0.717) is 18.7 Å². The molecule has 4 aromatic rings. The summed E-state index contributed by atoms with van der Waals surface area (Å²) in [7, 11) is 2.91. The lowest BCUT2D eigenvalue weighted by atomic mass is 10.3. The van der Waals surface area contributed by atoms with E-state index in [-0.39, 0.29) is 41.9 Å². The maximum Gasteiger partial charge on any atom is 0.332 e. The molecule has 4 aromatic heterocycles. The smallest absolute Gasteiger partial charge is 0.332 e.